The molecule has 19 rings (SSSR count). The first kappa shape index (κ1) is 105. The standard InChI is InChI=1S/5C17H26O4.C13H22O4.C6H12O2/c1-4-15(2,3)14(20)21-17-8-11-5-12(9-17)7-16(6-11,10-17)13(18)19;1-4-16(2,3)15(20)21-17-8-10-5-11(9-17)7-12(6-10)13(17)14(18)19;1-4-16(2,3)15(20)21-13-11-5-10-6-12(13)9-17(7-10,8-11)14(18)19;1-4-17(2,3)16(20)21-14-8-9-5-13(14)12-7-10(15(18)19)6-11(9)12;1-4-17(2,3)16(20)21-14-12-8-11(13(14)15(18)19)9-6-5-7-10(9)12;1-4-13(2,3)12(16)17-10-8-6-5-7-9(10)11(14)15;1-4-6(2,3)5(7)8/h11-12H,4-10H2,1-3H3,(H,18,19);2*10-13H,4-9H2,1-3H3,(H,18,19);2*9-14H,4-8H2,1-3H3,(H,18,19);9-10H,4-8H2,1-3H3,(H,14,15);4H2,1-3H3,(H,7,8). The summed E-state index contributed by atoms with van der Waals surface area (Å²) in [6, 6.07) is 0. The highest BCUT2D eigenvalue weighted by Gasteiger charge is 2.68. The summed E-state index contributed by atoms with van der Waals surface area (Å²) in [5.74, 6) is -1.06. The van der Waals surface area contributed by atoms with E-state index in [1.165, 1.54) is 19.3 Å². The Bertz CT molecular complexity index is 4080. The molecular formula is C104H164O26. The van der Waals surface area contributed by atoms with E-state index in [1.807, 2.05) is 132 Å². The number of rotatable bonds is 26. The fourth-order valence-corrected chi connectivity index (χ4v) is 26.7. The molecule has 21 unspecified atom stereocenters. The van der Waals surface area contributed by atoms with Crippen molar-refractivity contribution in [2.24, 2.45) is 167 Å². The van der Waals surface area contributed by atoms with Gasteiger partial charge in [0.1, 0.15) is 35.6 Å². The average molecular weight is 1830 g/mol. The molecular weight excluding hydrogens is 1670 g/mol. The highest BCUT2D eigenvalue weighted by atomic mass is 16.6. The molecule has 26 heteroatoms. The van der Waals surface area contributed by atoms with Gasteiger partial charge in [-0.1, -0.05) is 61.3 Å². The molecule has 19 aliphatic carbocycles. The van der Waals surface area contributed by atoms with Crippen LogP contribution in [0.5, 0.6) is 0 Å². The van der Waals surface area contributed by atoms with Crippen molar-refractivity contribution in [1.82, 2.24) is 0 Å². The van der Waals surface area contributed by atoms with Crippen molar-refractivity contribution in [2.75, 3.05) is 0 Å². The molecule has 0 saturated heterocycles. The summed E-state index contributed by atoms with van der Waals surface area (Å²) in [5.41, 5.74) is -5.89. The van der Waals surface area contributed by atoms with Crippen LogP contribution >= 0.6 is 0 Å². The van der Waals surface area contributed by atoms with Crippen molar-refractivity contribution in [3.05, 3.63) is 0 Å². The summed E-state index contributed by atoms with van der Waals surface area (Å²) in [5, 5.41) is 65.4. The van der Waals surface area contributed by atoms with Gasteiger partial charge in [0.25, 0.3) is 0 Å². The van der Waals surface area contributed by atoms with E-state index < -0.39 is 132 Å². The van der Waals surface area contributed by atoms with E-state index in [0.29, 0.717) is 123 Å². The van der Waals surface area contributed by atoms with Gasteiger partial charge in [-0.3, -0.25) is 62.3 Å². The third kappa shape index (κ3) is 22.3. The fourth-order valence-electron chi connectivity index (χ4n) is 26.7. The van der Waals surface area contributed by atoms with Gasteiger partial charge in [0.15, 0.2) is 0 Å². The van der Waals surface area contributed by atoms with Gasteiger partial charge >= 0.3 is 77.6 Å². The molecule has 21 atom stereocenters. The van der Waals surface area contributed by atoms with E-state index in [1.54, 1.807) is 13.8 Å². The van der Waals surface area contributed by atoms with Crippen molar-refractivity contribution in [1.29, 1.82) is 0 Å². The molecule has 19 saturated carbocycles. The molecule has 130 heavy (non-hydrogen) atoms. The number of aliphatic carboxylic acids is 7. The highest BCUT2D eigenvalue weighted by molar-refractivity contribution is 5.82. The number of esters is 6. The van der Waals surface area contributed by atoms with Crippen LogP contribution in [0.25, 0.3) is 0 Å². The lowest BCUT2D eigenvalue weighted by atomic mass is 9.48. The topological polar surface area (TPSA) is 419 Å². The van der Waals surface area contributed by atoms with Crippen LogP contribution in [0.3, 0.4) is 0 Å². The summed E-state index contributed by atoms with van der Waals surface area (Å²) >= 11 is 0. The number of carbonyl (C=O) groups excluding carboxylic acids is 6. The lowest BCUT2D eigenvalue weighted by molar-refractivity contribution is -0.220. The minimum atomic E-state index is -0.850. The van der Waals surface area contributed by atoms with Crippen LogP contribution < -0.4 is 0 Å². The number of carboxylic acids is 7. The van der Waals surface area contributed by atoms with Crippen LogP contribution in [0, 0.1) is 167 Å². The molecule has 0 amide bonds. The predicted molar refractivity (Wildman–Crippen MR) is 483 cm³/mol. The molecule has 7 N–H and O–H groups in total. The van der Waals surface area contributed by atoms with Crippen molar-refractivity contribution >= 4 is 77.6 Å². The van der Waals surface area contributed by atoms with E-state index in [0.717, 1.165) is 148 Å². The summed E-state index contributed by atoms with van der Waals surface area (Å²) in [4.78, 5) is 153. The maximum absolute atomic E-state index is 12.5. The number of hydrogen-bond donors (Lipinski definition) is 7. The number of hydrogen-bond acceptors (Lipinski definition) is 19. The third-order valence-electron chi connectivity index (χ3n) is 36.9. The first-order valence-electron chi connectivity index (χ1n) is 50.3. The third-order valence-corrected chi connectivity index (χ3v) is 36.9. The van der Waals surface area contributed by atoms with Crippen LogP contribution in [-0.4, -0.2) is 149 Å². The SMILES string of the molecule is CCC(C)(C)C(=O)O.CCC(C)(C)C(=O)OC12CC3CC(C1)CC(C(=O)O)(C3)C2.CCC(C)(C)C(=O)OC12CC3CC(CC(C3)C1C(=O)O)C2.CCC(C)(C)C(=O)OC1C2CC(C3CCCC32)C1C(=O)O.CCC(C)(C)C(=O)OC1C2CC3CC1CC(C(=O)O)(C3)C2.CCC(C)(C)C(=O)OC1CC2CC1C1CC(C(=O)O)CC21.CCC(C)(C)C(=O)OC1CCCCC1C(=O)O. The smallest absolute Gasteiger partial charge is 0.312 e. The molecule has 16 bridgehead atoms. The molecule has 0 spiro atoms. The maximum atomic E-state index is 12.5. The van der Waals surface area contributed by atoms with Gasteiger partial charge in [0, 0.05) is 12.3 Å². The summed E-state index contributed by atoms with van der Waals surface area (Å²) in [7, 11) is 0. The number of ether oxygens (including phenoxy) is 6. The molecule has 0 heterocycles. The first-order valence-corrected chi connectivity index (χ1v) is 50.3. The molecule has 26 nitrogen and oxygen atoms in total. The van der Waals surface area contributed by atoms with Crippen molar-refractivity contribution < 1.29 is 126 Å². The van der Waals surface area contributed by atoms with Crippen molar-refractivity contribution in [3.63, 3.8) is 0 Å². The van der Waals surface area contributed by atoms with Crippen molar-refractivity contribution in [2.45, 2.75) is 406 Å². The van der Waals surface area contributed by atoms with Gasteiger partial charge in [0.2, 0.25) is 0 Å². The summed E-state index contributed by atoms with van der Waals surface area (Å²) in [6.07, 6.45) is 29.4. The minimum absolute atomic E-state index is 0.0297. The van der Waals surface area contributed by atoms with Gasteiger partial charge in [-0.05, 0) is 391 Å². The van der Waals surface area contributed by atoms with Gasteiger partial charge < -0.3 is 64.2 Å². The number of carbonyl (C=O) groups is 13. The quantitative estimate of drug-likeness (QED) is 0.0312. The summed E-state index contributed by atoms with van der Waals surface area (Å²) < 4.78 is 34.8. The van der Waals surface area contributed by atoms with Gasteiger partial charge in [0.05, 0.1) is 72.4 Å². The minimum Gasteiger partial charge on any atom is -0.481 e. The summed E-state index contributed by atoms with van der Waals surface area (Å²) in [6.45, 7) is 39.8. The second-order valence-corrected chi connectivity index (χ2v) is 48.3. The van der Waals surface area contributed by atoms with Gasteiger partial charge in [-0.25, -0.2) is 0 Å². The molecule has 0 aromatic heterocycles. The largest absolute Gasteiger partial charge is 0.481 e. The number of fused-ring (bicyclic) bond motifs is 10. The Balaban J connectivity index is 0.000000160. The zero-order valence-electron chi connectivity index (χ0n) is 82.5. The first-order chi connectivity index (χ1) is 60.3. The Morgan fingerprint density at radius 1 is 0.300 bits per heavy atom. The monoisotopic (exact) mass is 1830 g/mol. The zero-order chi connectivity index (χ0) is 96.9. The molecule has 0 aliphatic heterocycles. The Kier molecular flexibility index (Phi) is 32.5. The molecule has 19 fully saturated rings. The second-order valence-electron chi connectivity index (χ2n) is 48.3. The van der Waals surface area contributed by atoms with Crippen LogP contribution in [0.2, 0.25) is 0 Å². The van der Waals surface area contributed by atoms with Crippen LogP contribution in [-0.2, 0) is 90.8 Å². The maximum Gasteiger partial charge on any atom is 0.312 e. The zero-order valence-corrected chi connectivity index (χ0v) is 82.5. The van der Waals surface area contributed by atoms with Crippen LogP contribution in [0.4, 0.5) is 0 Å². The Hall–Kier alpha value is -6.89. The molecule has 736 valence electrons. The van der Waals surface area contributed by atoms with E-state index in [-0.39, 0.29) is 83.5 Å². The predicted octanol–water partition coefficient (Wildman–Crippen LogP) is 20.2. The molecule has 19 aliphatic rings. The molecule has 0 aromatic rings. The number of carboxylic acid groups (broad SMARTS) is 7. The van der Waals surface area contributed by atoms with E-state index in [2.05, 4.69) is 0 Å². The molecule has 0 aromatic carbocycles. The highest BCUT2D eigenvalue weighted by Crippen LogP contribution is 2.67. The van der Waals surface area contributed by atoms with Crippen molar-refractivity contribution in [3.8, 4) is 0 Å². The Morgan fingerprint density at radius 3 is 1.16 bits per heavy atom. The average Bonchev–Trinajstić information content (AvgIpc) is 1.25. The van der Waals surface area contributed by atoms with Gasteiger partial charge in [-0.15, -0.1) is 0 Å². The van der Waals surface area contributed by atoms with Crippen LogP contribution in [0.1, 0.15) is 370 Å². The van der Waals surface area contributed by atoms with E-state index in [9.17, 15) is 87.9 Å². The molecule has 0 radical (unpaired) electrons. The lowest BCUT2D eigenvalue weighted by Gasteiger charge is -2.59. The Labute approximate surface area is 773 Å². The van der Waals surface area contributed by atoms with Gasteiger partial charge in [-0.2, -0.15) is 0 Å². The lowest BCUT2D eigenvalue weighted by Crippen LogP contribution is -2.62. The fraction of sp³-hybridized carbons (Fsp3) is 0.875. The normalized spacial score (nSPS) is 37.2. The Morgan fingerprint density at radius 2 is 0.715 bits per heavy atom. The van der Waals surface area contributed by atoms with E-state index in [4.69, 9.17) is 38.6 Å². The van der Waals surface area contributed by atoms with E-state index >= 15 is 0 Å². The second kappa shape index (κ2) is 40.2. The van der Waals surface area contributed by atoms with Crippen LogP contribution in [0.15, 0.2) is 0 Å².